The van der Waals surface area contributed by atoms with Crippen molar-refractivity contribution in [2.75, 3.05) is 52.5 Å². The molecule has 0 aromatic heterocycles. The van der Waals surface area contributed by atoms with Gasteiger partial charge in [-0.15, -0.1) is 13.2 Å². The second-order valence-corrected chi connectivity index (χ2v) is 11.4. The van der Waals surface area contributed by atoms with Crippen molar-refractivity contribution in [3.05, 3.63) is 48.6 Å². The summed E-state index contributed by atoms with van der Waals surface area (Å²) in [4.78, 5) is 29.7. The summed E-state index contributed by atoms with van der Waals surface area (Å²) in [5.74, 6) is 1.71. The van der Waals surface area contributed by atoms with Crippen LogP contribution < -0.4 is 0 Å². The number of ether oxygens (including phenoxy) is 1. The average Bonchev–Trinajstić information content (AvgIpc) is 2.90. The monoisotopic (exact) mass is 529 g/mol. The van der Waals surface area contributed by atoms with Gasteiger partial charge >= 0.3 is 0 Å². The molecule has 6 heteroatoms. The fourth-order valence-electron chi connectivity index (χ4n) is 5.03. The molecule has 0 unspecified atom stereocenters. The molecule has 2 amide bonds. The molecule has 0 atom stereocenters. The first-order valence-corrected chi connectivity index (χ1v) is 14.5. The summed E-state index contributed by atoms with van der Waals surface area (Å²) in [7, 11) is 0. The first-order valence-electron chi connectivity index (χ1n) is 14.5. The molecule has 1 aromatic rings. The molecule has 3 saturated heterocycles. The maximum absolute atomic E-state index is 12.2. The first kappa shape index (κ1) is 33.8. The van der Waals surface area contributed by atoms with Gasteiger partial charge in [0.2, 0.25) is 5.91 Å². The van der Waals surface area contributed by atoms with E-state index in [1.165, 1.54) is 31.5 Å². The van der Waals surface area contributed by atoms with Crippen molar-refractivity contribution >= 4 is 11.8 Å². The standard InChI is InChI=1S/C14H26N2O.C14H19NO2.C2H6.C2H4/c1-11(17)16-9-13(10-16)15-7-5-12(6-8-15)14(2,3)4;1-11(2)12-3-5-13(6-4-12)14(16)15-7-9-17-10-8-15;2*1-2/h12-13H,5-10H2,1-4H3;3-6,11H,7-10H2,1-2H3;1-2H3;1-2H2. The van der Waals surface area contributed by atoms with Gasteiger partial charge in [0.1, 0.15) is 0 Å². The highest BCUT2D eigenvalue weighted by molar-refractivity contribution is 5.94. The van der Waals surface area contributed by atoms with Crippen molar-refractivity contribution in [3.8, 4) is 0 Å². The zero-order valence-electron chi connectivity index (χ0n) is 25.6. The van der Waals surface area contributed by atoms with Gasteiger partial charge in [0, 0.05) is 44.7 Å². The lowest BCUT2D eigenvalue weighted by molar-refractivity contribution is -0.136. The summed E-state index contributed by atoms with van der Waals surface area (Å²) < 4.78 is 5.24. The van der Waals surface area contributed by atoms with Gasteiger partial charge in [-0.1, -0.05) is 60.6 Å². The van der Waals surface area contributed by atoms with Crippen molar-refractivity contribution in [2.45, 2.75) is 80.2 Å². The van der Waals surface area contributed by atoms with Crippen molar-refractivity contribution in [2.24, 2.45) is 11.3 Å². The van der Waals surface area contributed by atoms with Crippen LogP contribution in [0.3, 0.4) is 0 Å². The number of nitrogens with zero attached hydrogens (tertiary/aromatic N) is 3. The number of rotatable bonds is 3. The fourth-order valence-corrected chi connectivity index (χ4v) is 5.03. The number of amides is 2. The number of piperidine rings is 1. The molecular formula is C32H55N3O3. The minimum atomic E-state index is 0.114. The van der Waals surface area contributed by atoms with Crippen LogP contribution in [0.4, 0.5) is 0 Å². The van der Waals surface area contributed by atoms with Gasteiger partial charge in [-0.05, 0) is 60.9 Å². The Bertz CT molecular complexity index is 811. The molecule has 6 nitrogen and oxygen atoms in total. The Hall–Kier alpha value is -2.18. The Morgan fingerprint density at radius 3 is 1.82 bits per heavy atom. The molecule has 38 heavy (non-hydrogen) atoms. The second-order valence-electron chi connectivity index (χ2n) is 11.4. The summed E-state index contributed by atoms with van der Waals surface area (Å²) in [6.45, 7) is 30.1. The van der Waals surface area contributed by atoms with Crippen molar-refractivity contribution in [1.29, 1.82) is 0 Å². The Labute approximate surface area is 233 Å². The number of likely N-dealkylation sites (tertiary alicyclic amines) is 2. The predicted octanol–water partition coefficient (Wildman–Crippen LogP) is 6.09. The van der Waals surface area contributed by atoms with Gasteiger partial charge in [0.05, 0.1) is 13.2 Å². The van der Waals surface area contributed by atoms with E-state index in [2.05, 4.69) is 52.7 Å². The fraction of sp³-hybridized carbons (Fsp3) is 0.688. The van der Waals surface area contributed by atoms with Gasteiger partial charge in [0.25, 0.3) is 5.91 Å². The summed E-state index contributed by atoms with van der Waals surface area (Å²) in [5, 5.41) is 0. The molecular weight excluding hydrogens is 474 g/mol. The minimum absolute atomic E-state index is 0.114. The van der Waals surface area contributed by atoms with Crippen LogP contribution in [0.1, 0.15) is 90.1 Å². The van der Waals surface area contributed by atoms with Crippen LogP contribution in [0, 0.1) is 11.3 Å². The van der Waals surface area contributed by atoms with Gasteiger partial charge in [-0.3, -0.25) is 14.5 Å². The number of hydrogen-bond donors (Lipinski definition) is 0. The minimum Gasteiger partial charge on any atom is -0.378 e. The van der Waals surface area contributed by atoms with Crippen LogP contribution in [0.15, 0.2) is 37.4 Å². The maximum Gasteiger partial charge on any atom is 0.254 e. The zero-order valence-corrected chi connectivity index (χ0v) is 25.6. The summed E-state index contributed by atoms with van der Waals surface area (Å²) in [5.41, 5.74) is 2.50. The molecule has 4 rings (SSSR count). The van der Waals surface area contributed by atoms with Gasteiger partial charge in [0.15, 0.2) is 0 Å². The van der Waals surface area contributed by atoms with Crippen LogP contribution in [0.25, 0.3) is 0 Å². The van der Waals surface area contributed by atoms with Crippen molar-refractivity contribution in [1.82, 2.24) is 14.7 Å². The largest absolute Gasteiger partial charge is 0.378 e. The van der Waals surface area contributed by atoms with Crippen LogP contribution in [0.5, 0.6) is 0 Å². The molecule has 0 aliphatic carbocycles. The predicted molar refractivity (Wildman–Crippen MR) is 160 cm³/mol. The molecule has 3 aliphatic rings. The lowest BCUT2D eigenvalue weighted by Gasteiger charge is -2.48. The summed E-state index contributed by atoms with van der Waals surface area (Å²) >= 11 is 0. The number of carbonyl (C=O) groups is 2. The van der Waals surface area contributed by atoms with E-state index in [1.54, 1.807) is 6.92 Å². The first-order chi connectivity index (χ1) is 18.1. The van der Waals surface area contributed by atoms with E-state index in [9.17, 15) is 9.59 Å². The molecule has 3 heterocycles. The number of carbonyl (C=O) groups excluding carboxylic acids is 2. The lowest BCUT2D eigenvalue weighted by atomic mass is 9.75. The third kappa shape index (κ3) is 10.2. The maximum atomic E-state index is 12.2. The van der Waals surface area contributed by atoms with E-state index < -0.39 is 0 Å². The Morgan fingerprint density at radius 1 is 0.895 bits per heavy atom. The molecule has 3 aliphatic heterocycles. The average molecular weight is 530 g/mol. The van der Waals surface area contributed by atoms with Crippen LogP contribution >= 0.6 is 0 Å². The molecule has 0 spiro atoms. The van der Waals surface area contributed by atoms with Crippen molar-refractivity contribution in [3.63, 3.8) is 0 Å². The molecule has 0 saturated carbocycles. The number of benzene rings is 1. The molecule has 3 fully saturated rings. The quantitative estimate of drug-likeness (QED) is 0.445. The third-order valence-electron chi connectivity index (χ3n) is 7.70. The van der Waals surface area contributed by atoms with Crippen LogP contribution in [0.2, 0.25) is 0 Å². The van der Waals surface area contributed by atoms with Gasteiger partial charge in [-0.25, -0.2) is 0 Å². The second kappa shape index (κ2) is 16.7. The van der Waals surface area contributed by atoms with E-state index in [4.69, 9.17) is 4.74 Å². The van der Waals surface area contributed by atoms with E-state index in [0.717, 1.165) is 24.6 Å². The number of morpholine rings is 1. The Kier molecular flexibility index (Phi) is 14.9. The molecule has 216 valence electrons. The van der Waals surface area contributed by atoms with Gasteiger partial charge in [-0.2, -0.15) is 0 Å². The molecule has 0 N–H and O–H groups in total. The summed E-state index contributed by atoms with van der Waals surface area (Å²) in [6, 6.07) is 8.57. The normalized spacial score (nSPS) is 18.7. The zero-order chi connectivity index (χ0) is 28.9. The van der Waals surface area contributed by atoms with Gasteiger partial charge < -0.3 is 14.5 Å². The van der Waals surface area contributed by atoms with E-state index in [-0.39, 0.29) is 11.8 Å². The number of hydrogen-bond acceptors (Lipinski definition) is 4. The summed E-state index contributed by atoms with van der Waals surface area (Å²) in [6.07, 6.45) is 2.64. The highest BCUT2D eigenvalue weighted by Gasteiger charge is 2.37. The topological polar surface area (TPSA) is 53.1 Å². The molecule has 1 aromatic carbocycles. The SMILES string of the molecule is C=C.CC.CC(=O)N1CC(N2CCC(C(C)(C)C)CC2)C1.CC(C)c1ccc(C(=O)N2CCOCC2)cc1. The van der Waals surface area contributed by atoms with Crippen LogP contribution in [-0.4, -0.2) is 85.0 Å². The van der Waals surface area contributed by atoms with E-state index in [1.807, 2.05) is 47.9 Å². The third-order valence-corrected chi connectivity index (χ3v) is 7.70. The van der Waals surface area contributed by atoms with Crippen molar-refractivity contribution < 1.29 is 14.3 Å². The Morgan fingerprint density at radius 2 is 1.39 bits per heavy atom. The van der Waals surface area contributed by atoms with Crippen LogP contribution in [-0.2, 0) is 9.53 Å². The lowest BCUT2D eigenvalue weighted by Crippen LogP contribution is -2.62. The molecule has 0 bridgehead atoms. The highest BCUT2D eigenvalue weighted by Crippen LogP contribution is 2.35. The smallest absolute Gasteiger partial charge is 0.254 e. The van der Waals surface area contributed by atoms with E-state index in [0.29, 0.717) is 43.7 Å². The van der Waals surface area contributed by atoms with E-state index >= 15 is 0 Å². The molecule has 0 radical (unpaired) electrons. The highest BCUT2D eigenvalue weighted by atomic mass is 16.5. The Balaban J connectivity index is 0.000000336.